The van der Waals surface area contributed by atoms with Gasteiger partial charge in [0.2, 0.25) is 5.13 Å². The number of piperidine rings is 1. The lowest BCUT2D eigenvalue weighted by Crippen LogP contribution is -2.42. The van der Waals surface area contributed by atoms with Gasteiger partial charge < -0.3 is 10.6 Å². The fourth-order valence-corrected chi connectivity index (χ4v) is 3.94. The lowest BCUT2D eigenvalue weighted by molar-refractivity contribution is 0.258. The molecule has 7 heteroatoms. The van der Waals surface area contributed by atoms with Crippen LogP contribution in [0.2, 0.25) is 10.0 Å². The van der Waals surface area contributed by atoms with Crippen molar-refractivity contribution in [2.45, 2.75) is 19.8 Å². The summed E-state index contributed by atoms with van der Waals surface area (Å²) >= 11 is 13.9. The molecule has 0 amide bonds. The van der Waals surface area contributed by atoms with Gasteiger partial charge in [-0.05, 0) is 30.9 Å². The molecule has 0 spiro atoms. The summed E-state index contributed by atoms with van der Waals surface area (Å²) < 4.78 is 0. The molecule has 1 aromatic carbocycles. The molecule has 0 aliphatic carbocycles. The molecule has 1 aliphatic heterocycles. The summed E-state index contributed by atoms with van der Waals surface area (Å²) in [6.07, 6.45) is 2.16. The highest BCUT2D eigenvalue weighted by Gasteiger charge is 2.30. The maximum Gasteiger partial charge on any atom is 0.208 e. The summed E-state index contributed by atoms with van der Waals surface area (Å²) in [7, 11) is 0. The molecule has 2 aromatic rings. The van der Waals surface area contributed by atoms with Crippen LogP contribution in [0.5, 0.6) is 0 Å². The third kappa shape index (κ3) is 3.08. The van der Waals surface area contributed by atoms with Gasteiger partial charge in [0.25, 0.3) is 0 Å². The van der Waals surface area contributed by atoms with Gasteiger partial charge in [-0.1, -0.05) is 53.6 Å². The lowest BCUT2D eigenvalue weighted by atomic mass is 9.81. The van der Waals surface area contributed by atoms with Crippen molar-refractivity contribution in [3.8, 4) is 10.6 Å². The second-order valence-corrected chi connectivity index (χ2v) is 7.73. The first-order valence-corrected chi connectivity index (χ1v) is 8.82. The predicted octanol–water partition coefficient (Wildman–Crippen LogP) is 4.08. The number of halogens is 2. The Morgan fingerprint density at radius 3 is 2.68 bits per heavy atom. The van der Waals surface area contributed by atoms with Gasteiger partial charge in [0.1, 0.15) is 0 Å². The molecule has 4 nitrogen and oxygen atoms in total. The van der Waals surface area contributed by atoms with Gasteiger partial charge >= 0.3 is 0 Å². The molecule has 1 saturated heterocycles. The van der Waals surface area contributed by atoms with Crippen LogP contribution < -0.4 is 10.6 Å². The average Bonchev–Trinajstić information content (AvgIpc) is 3.00. The van der Waals surface area contributed by atoms with E-state index >= 15 is 0 Å². The van der Waals surface area contributed by atoms with Crippen molar-refractivity contribution in [3.05, 3.63) is 28.2 Å². The Labute approximate surface area is 144 Å². The van der Waals surface area contributed by atoms with Crippen molar-refractivity contribution in [2.75, 3.05) is 24.5 Å². The van der Waals surface area contributed by atoms with Crippen LogP contribution in [0.25, 0.3) is 10.6 Å². The number of hydrogen-bond acceptors (Lipinski definition) is 5. The van der Waals surface area contributed by atoms with Gasteiger partial charge in [0.05, 0.1) is 10.0 Å². The highest BCUT2D eigenvalue weighted by molar-refractivity contribution is 7.18. The molecule has 1 aromatic heterocycles. The molecule has 0 atom stereocenters. The molecule has 2 N–H and O–H groups in total. The Balaban J connectivity index is 1.79. The highest BCUT2D eigenvalue weighted by atomic mass is 35.5. The number of anilines is 1. The lowest BCUT2D eigenvalue weighted by Gasteiger charge is -2.38. The van der Waals surface area contributed by atoms with E-state index in [0.29, 0.717) is 10.0 Å². The second kappa shape index (κ2) is 6.32. The Kier molecular flexibility index (Phi) is 4.59. The summed E-state index contributed by atoms with van der Waals surface area (Å²) in [5.74, 6) is 0. The average molecular weight is 357 g/mol. The molecule has 0 bridgehead atoms. The summed E-state index contributed by atoms with van der Waals surface area (Å²) in [6, 6.07) is 5.56. The van der Waals surface area contributed by atoms with E-state index in [4.69, 9.17) is 28.9 Å². The molecule has 3 rings (SSSR count). The topological polar surface area (TPSA) is 55.0 Å². The van der Waals surface area contributed by atoms with Crippen LogP contribution in [0, 0.1) is 5.41 Å². The molecule has 0 saturated carbocycles. The van der Waals surface area contributed by atoms with E-state index in [2.05, 4.69) is 22.0 Å². The minimum absolute atomic E-state index is 0.250. The minimum atomic E-state index is 0.250. The maximum absolute atomic E-state index is 6.26. The number of aromatic nitrogens is 2. The summed E-state index contributed by atoms with van der Waals surface area (Å²) in [5, 5.41) is 11.4. The Morgan fingerprint density at radius 2 is 2.00 bits per heavy atom. The zero-order chi connectivity index (χ0) is 15.7. The van der Waals surface area contributed by atoms with E-state index in [0.717, 1.165) is 48.2 Å². The van der Waals surface area contributed by atoms with Crippen LogP contribution in [0.4, 0.5) is 5.13 Å². The predicted molar refractivity (Wildman–Crippen MR) is 94.0 cm³/mol. The van der Waals surface area contributed by atoms with E-state index < -0.39 is 0 Å². The molecule has 1 aliphatic rings. The van der Waals surface area contributed by atoms with Crippen molar-refractivity contribution in [3.63, 3.8) is 0 Å². The third-order valence-corrected chi connectivity index (χ3v) is 6.17. The SMILES string of the molecule is CC1(CN)CCN(c2nnc(-c3cccc(Cl)c3Cl)s2)CC1. The third-order valence-electron chi connectivity index (χ3n) is 4.33. The normalized spacial score (nSPS) is 17.7. The van der Waals surface area contributed by atoms with Crippen molar-refractivity contribution < 1.29 is 0 Å². The van der Waals surface area contributed by atoms with Crippen molar-refractivity contribution >= 4 is 39.7 Å². The van der Waals surface area contributed by atoms with Crippen LogP contribution in [0.15, 0.2) is 18.2 Å². The van der Waals surface area contributed by atoms with Gasteiger partial charge in [-0.15, -0.1) is 10.2 Å². The van der Waals surface area contributed by atoms with E-state index in [1.807, 2.05) is 12.1 Å². The highest BCUT2D eigenvalue weighted by Crippen LogP contribution is 2.38. The summed E-state index contributed by atoms with van der Waals surface area (Å²) in [6.45, 7) is 4.92. The first-order valence-electron chi connectivity index (χ1n) is 7.25. The van der Waals surface area contributed by atoms with Crippen LogP contribution >= 0.6 is 34.5 Å². The van der Waals surface area contributed by atoms with Gasteiger partial charge in [-0.2, -0.15) is 0 Å². The van der Waals surface area contributed by atoms with Crippen molar-refractivity contribution in [1.82, 2.24) is 10.2 Å². The molecule has 1 fully saturated rings. The van der Waals surface area contributed by atoms with Crippen molar-refractivity contribution in [2.24, 2.45) is 11.1 Å². The molecule has 0 radical (unpaired) electrons. The quantitative estimate of drug-likeness (QED) is 0.899. The van der Waals surface area contributed by atoms with Gasteiger partial charge in [-0.3, -0.25) is 0 Å². The first kappa shape index (κ1) is 16.0. The van der Waals surface area contributed by atoms with Gasteiger partial charge in [-0.25, -0.2) is 0 Å². The van der Waals surface area contributed by atoms with E-state index in [1.54, 1.807) is 17.4 Å². The van der Waals surface area contributed by atoms with E-state index in [1.165, 1.54) is 0 Å². The fraction of sp³-hybridized carbons (Fsp3) is 0.467. The van der Waals surface area contributed by atoms with Crippen LogP contribution in [0.1, 0.15) is 19.8 Å². The molecule has 2 heterocycles. The number of rotatable bonds is 3. The second-order valence-electron chi connectivity index (χ2n) is 5.99. The maximum atomic E-state index is 6.26. The molecule has 0 unspecified atom stereocenters. The number of nitrogens with zero attached hydrogens (tertiary/aromatic N) is 3. The van der Waals surface area contributed by atoms with E-state index in [9.17, 15) is 0 Å². The molecule has 118 valence electrons. The fourth-order valence-electron chi connectivity index (χ4n) is 2.56. The smallest absolute Gasteiger partial charge is 0.208 e. The van der Waals surface area contributed by atoms with Gasteiger partial charge in [0.15, 0.2) is 5.01 Å². The number of benzene rings is 1. The summed E-state index contributed by atoms with van der Waals surface area (Å²) in [5.41, 5.74) is 6.95. The first-order chi connectivity index (χ1) is 10.5. The Bertz CT molecular complexity index is 665. The van der Waals surface area contributed by atoms with Crippen molar-refractivity contribution in [1.29, 1.82) is 0 Å². The minimum Gasteiger partial charge on any atom is -0.347 e. The van der Waals surface area contributed by atoms with Crippen LogP contribution in [-0.4, -0.2) is 29.8 Å². The number of hydrogen-bond donors (Lipinski definition) is 1. The van der Waals surface area contributed by atoms with Crippen LogP contribution in [-0.2, 0) is 0 Å². The summed E-state index contributed by atoms with van der Waals surface area (Å²) in [4.78, 5) is 2.27. The molecule has 22 heavy (non-hydrogen) atoms. The zero-order valence-corrected chi connectivity index (χ0v) is 14.7. The largest absolute Gasteiger partial charge is 0.347 e. The Hall–Kier alpha value is -0.880. The molecular formula is C15H18Cl2N4S. The molecular weight excluding hydrogens is 339 g/mol. The standard InChI is InChI=1S/C15H18Cl2N4S/c1-15(9-18)5-7-21(8-6-15)14-20-19-13(22-14)10-3-2-4-11(16)12(10)17/h2-4H,5-9,18H2,1H3. The van der Waals surface area contributed by atoms with E-state index in [-0.39, 0.29) is 5.41 Å². The zero-order valence-electron chi connectivity index (χ0n) is 12.4. The van der Waals surface area contributed by atoms with Crippen LogP contribution in [0.3, 0.4) is 0 Å². The number of nitrogens with two attached hydrogens (primary N) is 1. The Morgan fingerprint density at radius 1 is 1.27 bits per heavy atom. The van der Waals surface area contributed by atoms with Gasteiger partial charge in [0, 0.05) is 18.7 Å². The monoisotopic (exact) mass is 356 g/mol.